The molecule has 3 rings (SSSR count). The molecule has 2 aromatic carbocycles. The summed E-state index contributed by atoms with van der Waals surface area (Å²) in [7, 11) is 0. The minimum atomic E-state index is 0.0355. The summed E-state index contributed by atoms with van der Waals surface area (Å²) in [6, 6.07) is 18.1. The minimum Gasteiger partial charge on any atom is -0.324 e. The van der Waals surface area contributed by atoms with E-state index in [-0.39, 0.29) is 5.91 Å². The SMILES string of the molecule is O=C1CN(Cc2ccccc2)Sc2ccccc2N1. The number of anilines is 1. The largest absolute Gasteiger partial charge is 0.324 e. The molecule has 0 saturated carbocycles. The molecule has 0 bridgehead atoms. The van der Waals surface area contributed by atoms with E-state index >= 15 is 0 Å². The van der Waals surface area contributed by atoms with Gasteiger partial charge in [0.05, 0.1) is 12.2 Å². The number of nitrogens with zero attached hydrogens (tertiary/aromatic N) is 1. The van der Waals surface area contributed by atoms with Crippen molar-refractivity contribution in [2.45, 2.75) is 11.4 Å². The zero-order chi connectivity index (χ0) is 13.1. The number of rotatable bonds is 2. The van der Waals surface area contributed by atoms with Gasteiger partial charge in [-0.3, -0.25) is 4.79 Å². The van der Waals surface area contributed by atoms with E-state index in [2.05, 4.69) is 21.8 Å². The molecule has 1 N–H and O–H groups in total. The third-order valence-electron chi connectivity index (χ3n) is 2.91. The van der Waals surface area contributed by atoms with Crippen LogP contribution in [0.4, 0.5) is 5.69 Å². The molecule has 4 heteroatoms. The molecule has 0 spiro atoms. The Balaban J connectivity index is 1.82. The zero-order valence-electron chi connectivity index (χ0n) is 10.4. The Labute approximate surface area is 116 Å². The average Bonchev–Trinajstić information content (AvgIpc) is 2.57. The lowest BCUT2D eigenvalue weighted by atomic mass is 10.2. The lowest BCUT2D eigenvalue weighted by molar-refractivity contribution is -0.116. The van der Waals surface area contributed by atoms with Crippen molar-refractivity contribution in [2.24, 2.45) is 0 Å². The van der Waals surface area contributed by atoms with Crippen LogP contribution in [0, 0.1) is 0 Å². The average molecular weight is 270 g/mol. The fourth-order valence-corrected chi connectivity index (χ4v) is 3.08. The molecule has 2 aromatic rings. The molecule has 0 aromatic heterocycles. The van der Waals surface area contributed by atoms with Crippen LogP contribution < -0.4 is 5.32 Å². The molecule has 19 heavy (non-hydrogen) atoms. The molecule has 1 amide bonds. The number of amides is 1. The molecule has 0 radical (unpaired) electrons. The van der Waals surface area contributed by atoms with Crippen molar-refractivity contribution in [1.82, 2.24) is 4.31 Å². The Morgan fingerprint density at radius 1 is 1.05 bits per heavy atom. The fourth-order valence-electron chi connectivity index (χ4n) is 2.05. The maximum Gasteiger partial charge on any atom is 0.239 e. The first-order chi connectivity index (χ1) is 9.31. The molecule has 0 unspecified atom stereocenters. The molecule has 1 heterocycles. The summed E-state index contributed by atoms with van der Waals surface area (Å²) in [5.41, 5.74) is 2.11. The third kappa shape index (κ3) is 2.97. The van der Waals surface area contributed by atoms with Gasteiger partial charge < -0.3 is 5.32 Å². The van der Waals surface area contributed by atoms with Crippen LogP contribution in [0.3, 0.4) is 0 Å². The topological polar surface area (TPSA) is 32.3 Å². The van der Waals surface area contributed by atoms with Gasteiger partial charge in [0.15, 0.2) is 0 Å². The lowest BCUT2D eigenvalue weighted by Gasteiger charge is -2.17. The van der Waals surface area contributed by atoms with Crippen LogP contribution in [-0.2, 0) is 11.3 Å². The van der Waals surface area contributed by atoms with E-state index in [9.17, 15) is 4.79 Å². The Kier molecular flexibility index (Phi) is 3.53. The van der Waals surface area contributed by atoms with Gasteiger partial charge in [-0.15, -0.1) is 0 Å². The van der Waals surface area contributed by atoms with Crippen molar-refractivity contribution in [1.29, 1.82) is 0 Å². The molecule has 1 aliphatic rings. The minimum absolute atomic E-state index is 0.0355. The number of hydrogen-bond acceptors (Lipinski definition) is 3. The van der Waals surface area contributed by atoms with Crippen molar-refractivity contribution < 1.29 is 4.79 Å². The summed E-state index contributed by atoms with van der Waals surface area (Å²) in [6.07, 6.45) is 0. The highest BCUT2D eigenvalue weighted by atomic mass is 32.2. The third-order valence-corrected chi connectivity index (χ3v) is 3.98. The monoisotopic (exact) mass is 270 g/mol. The van der Waals surface area contributed by atoms with Crippen LogP contribution in [0.5, 0.6) is 0 Å². The molecule has 3 nitrogen and oxygen atoms in total. The van der Waals surface area contributed by atoms with Gasteiger partial charge in [-0.25, -0.2) is 4.31 Å². The Hall–Kier alpha value is -1.78. The molecule has 0 atom stereocenters. The van der Waals surface area contributed by atoms with E-state index in [1.807, 2.05) is 42.5 Å². The summed E-state index contributed by atoms with van der Waals surface area (Å²) in [6.45, 7) is 1.15. The lowest BCUT2D eigenvalue weighted by Crippen LogP contribution is -2.25. The molecular weight excluding hydrogens is 256 g/mol. The maximum atomic E-state index is 11.9. The summed E-state index contributed by atoms with van der Waals surface area (Å²) in [4.78, 5) is 13.0. The zero-order valence-corrected chi connectivity index (χ0v) is 11.2. The molecule has 0 fully saturated rings. The summed E-state index contributed by atoms with van der Waals surface area (Å²) in [5, 5.41) is 2.94. The molecular formula is C15H14N2OS. The molecule has 96 valence electrons. The standard InChI is InChI=1S/C15H14N2OS/c18-15-11-17(10-12-6-2-1-3-7-12)19-14-9-5-4-8-13(14)16-15/h1-9H,10-11H2,(H,16,18). The van der Waals surface area contributed by atoms with Gasteiger partial charge >= 0.3 is 0 Å². The van der Waals surface area contributed by atoms with Crippen molar-refractivity contribution in [3.05, 3.63) is 60.2 Å². The van der Waals surface area contributed by atoms with E-state index in [1.54, 1.807) is 11.9 Å². The number of para-hydroxylation sites is 1. The summed E-state index contributed by atoms with van der Waals surface area (Å²) < 4.78 is 2.08. The van der Waals surface area contributed by atoms with Crippen LogP contribution >= 0.6 is 11.9 Å². The number of hydrogen-bond donors (Lipinski definition) is 1. The van der Waals surface area contributed by atoms with Crippen molar-refractivity contribution in [3.8, 4) is 0 Å². The molecule has 0 aliphatic carbocycles. The quantitative estimate of drug-likeness (QED) is 0.851. The van der Waals surface area contributed by atoms with Crippen LogP contribution in [0.1, 0.15) is 5.56 Å². The number of benzene rings is 2. The van der Waals surface area contributed by atoms with Crippen molar-refractivity contribution in [3.63, 3.8) is 0 Å². The summed E-state index contributed by atoms with van der Waals surface area (Å²) in [5.74, 6) is 0.0355. The number of carbonyl (C=O) groups excluding carboxylic acids is 1. The van der Waals surface area contributed by atoms with Gasteiger partial charge in [0.2, 0.25) is 5.91 Å². The van der Waals surface area contributed by atoms with E-state index in [1.165, 1.54) is 5.56 Å². The van der Waals surface area contributed by atoms with Crippen LogP contribution in [0.25, 0.3) is 0 Å². The van der Waals surface area contributed by atoms with Crippen molar-refractivity contribution >= 4 is 23.5 Å². The van der Waals surface area contributed by atoms with E-state index in [4.69, 9.17) is 0 Å². The van der Waals surface area contributed by atoms with Crippen molar-refractivity contribution in [2.75, 3.05) is 11.9 Å². The van der Waals surface area contributed by atoms with Gasteiger partial charge in [-0.05, 0) is 29.6 Å². The van der Waals surface area contributed by atoms with E-state index < -0.39 is 0 Å². The van der Waals surface area contributed by atoms with Gasteiger partial charge in [0.1, 0.15) is 0 Å². The number of fused-ring (bicyclic) bond motifs is 1. The first-order valence-corrected chi connectivity index (χ1v) is 6.94. The highest BCUT2D eigenvalue weighted by Crippen LogP contribution is 2.33. The van der Waals surface area contributed by atoms with E-state index in [0.717, 1.165) is 17.1 Å². The molecule has 1 aliphatic heterocycles. The smallest absolute Gasteiger partial charge is 0.239 e. The second-order valence-corrected chi connectivity index (χ2v) is 5.56. The van der Waals surface area contributed by atoms with Gasteiger partial charge in [0.25, 0.3) is 0 Å². The van der Waals surface area contributed by atoms with Crippen LogP contribution in [-0.4, -0.2) is 16.8 Å². The van der Waals surface area contributed by atoms with Gasteiger partial charge in [-0.1, -0.05) is 42.5 Å². The number of nitrogens with one attached hydrogen (secondary N) is 1. The first kappa shape index (κ1) is 12.3. The second kappa shape index (κ2) is 5.47. The highest BCUT2D eigenvalue weighted by Gasteiger charge is 2.19. The summed E-state index contributed by atoms with van der Waals surface area (Å²) >= 11 is 1.63. The Morgan fingerprint density at radius 3 is 2.63 bits per heavy atom. The van der Waals surface area contributed by atoms with Gasteiger partial charge in [-0.2, -0.15) is 0 Å². The number of carbonyl (C=O) groups is 1. The molecule has 0 saturated heterocycles. The van der Waals surface area contributed by atoms with Crippen LogP contribution in [0.2, 0.25) is 0 Å². The normalized spacial score (nSPS) is 15.5. The van der Waals surface area contributed by atoms with Gasteiger partial charge in [0, 0.05) is 11.4 Å². The second-order valence-electron chi connectivity index (χ2n) is 4.42. The maximum absolute atomic E-state index is 11.9. The predicted octanol–water partition coefficient (Wildman–Crippen LogP) is 3.15. The Morgan fingerprint density at radius 2 is 1.79 bits per heavy atom. The predicted molar refractivity (Wildman–Crippen MR) is 77.8 cm³/mol. The Bertz CT molecular complexity index is 586. The highest BCUT2D eigenvalue weighted by molar-refractivity contribution is 7.97. The van der Waals surface area contributed by atoms with E-state index in [0.29, 0.717) is 6.54 Å². The van der Waals surface area contributed by atoms with Crippen LogP contribution in [0.15, 0.2) is 59.5 Å². The fraction of sp³-hybridized carbons (Fsp3) is 0.133. The first-order valence-electron chi connectivity index (χ1n) is 6.17.